The Balaban J connectivity index is 1.19. The standard InChI is InChI=1S/C28H27N7O2/c1-34-17-22(16-32-34)21-14-25(26(29)31-15-21)27(36)33-24-11-13-35(18-24)28(37)20-8-5-19(6-9-20)7-10-23-4-2-3-12-30-23/h2-10,12,14-17,24H,11,13,18H2,1H3,(H2,29,31)(H,33,36)/b10-7+/t24-/m1/s1. The van der Waals surface area contributed by atoms with Gasteiger partial charge in [-0.3, -0.25) is 19.3 Å². The Hall–Kier alpha value is -4.79. The number of carbonyl (C=O) groups is 2. The van der Waals surface area contributed by atoms with Gasteiger partial charge in [0.15, 0.2) is 0 Å². The van der Waals surface area contributed by atoms with Crippen molar-refractivity contribution >= 4 is 29.8 Å². The summed E-state index contributed by atoms with van der Waals surface area (Å²) < 4.78 is 1.68. The van der Waals surface area contributed by atoms with Crippen molar-refractivity contribution in [3.63, 3.8) is 0 Å². The van der Waals surface area contributed by atoms with Crippen molar-refractivity contribution in [2.75, 3.05) is 18.8 Å². The molecule has 2 amide bonds. The molecule has 9 heteroatoms. The van der Waals surface area contributed by atoms with Crippen LogP contribution in [0, 0.1) is 0 Å². The highest BCUT2D eigenvalue weighted by Gasteiger charge is 2.28. The molecule has 4 heterocycles. The minimum atomic E-state index is -0.306. The van der Waals surface area contributed by atoms with E-state index in [9.17, 15) is 9.59 Å². The first-order chi connectivity index (χ1) is 18.0. The molecular formula is C28H27N7O2. The molecule has 4 aromatic rings. The van der Waals surface area contributed by atoms with E-state index in [1.807, 2.05) is 67.9 Å². The van der Waals surface area contributed by atoms with E-state index < -0.39 is 0 Å². The van der Waals surface area contributed by atoms with Crippen molar-refractivity contribution < 1.29 is 9.59 Å². The minimum Gasteiger partial charge on any atom is -0.383 e. The Morgan fingerprint density at radius 2 is 1.89 bits per heavy atom. The quantitative estimate of drug-likeness (QED) is 0.426. The summed E-state index contributed by atoms with van der Waals surface area (Å²) in [6.45, 7) is 0.996. The lowest BCUT2D eigenvalue weighted by Crippen LogP contribution is -2.38. The average molecular weight is 494 g/mol. The lowest BCUT2D eigenvalue weighted by molar-refractivity contribution is 0.0783. The number of nitrogen functional groups attached to an aromatic ring is 1. The molecule has 3 N–H and O–H groups in total. The Morgan fingerprint density at radius 3 is 2.62 bits per heavy atom. The van der Waals surface area contributed by atoms with Gasteiger partial charge in [-0.05, 0) is 48.4 Å². The molecule has 0 radical (unpaired) electrons. The summed E-state index contributed by atoms with van der Waals surface area (Å²) in [5.41, 5.74) is 10.4. The van der Waals surface area contributed by atoms with Crippen molar-refractivity contribution in [2.24, 2.45) is 7.05 Å². The van der Waals surface area contributed by atoms with Crippen LogP contribution in [0.4, 0.5) is 5.82 Å². The van der Waals surface area contributed by atoms with Crippen molar-refractivity contribution in [1.29, 1.82) is 0 Å². The van der Waals surface area contributed by atoms with Gasteiger partial charge in [0.1, 0.15) is 5.82 Å². The number of aromatic nitrogens is 4. The number of anilines is 1. The summed E-state index contributed by atoms with van der Waals surface area (Å²) in [5.74, 6) is -0.205. The van der Waals surface area contributed by atoms with E-state index in [1.165, 1.54) is 0 Å². The van der Waals surface area contributed by atoms with E-state index in [4.69, 9.17) is 5.73 Å². The Labute approximate surface area is 214 Å². The normalized spacial score (nSPS) is 15.3. The second kappa shape index (κ2) is 10.4. The topological polar surface area (TPSA) is 119 Å². The average Bonchev–Trinajstić information content (AvgIpc) is 3.57. The van der Waals surface area contributed by atoms with Gasteiger partial charge >= 0.3 is 0 Å². The van der Waals surface area contributed by atoms with Crippen LogP contribution >= 0.6 is 0 Å². The van der Waals surface area contributed by atoms with Gasteiger partial charge in [-0.15, -0.1) is 0 Å². The van der Waals surface area contributed by atoms with Crippen LogP contribution in [0.1, 0.15) is 38.4 Å². The molecule has 1 aromatic carbocycles. The van der Waals surface area contributed by atoms with Gasteiger partial charge in [0.2, 0.25) is 0 Å². The lowest BCUT2D eigenvalue weighted by atomic mass is 10.1. The predicted octanol–water partition coefficient (Wildman–Crippen LogP) is 3.27. The van der Waals surface area contributed by atoms with E-state index in [1.54, 1.807) is 34.2 Å². The van der Waals surface area contributed by atoms with E-state index in [-0.39, 0.29) is 23.7 Å². The molecule has 1 aliphatic heterocycles. The molecule has 0 aliphatic carbocycles. The molecule has 1 atom stereocenters. The third kappa shape index (κ3) is 5.56. The summed E-state index contributed by atoms with van der Waals surface area (Å²) >= 11 is 0. The fourth-order valence-corrected chi connectivity index (χ4v) is 4.29. The van der Waals surface area contributed by atoms with Crippen LogP contribution in [-0.2, 0) is 7.05 Å². The largest absolute Gasteiger partial charge is 0.383 e. The molecule has 0 saturated carbocycles. The zero-order valence-corrected chi connectivity index (χ0v) is 20.4. The van der Waals surface area contributed by atoms with E-state index in [2.05, 4.69) is 20.4 Å². The van der Waals surface area contributed by atoms with Gasteiger partial charge in [0, 0.05) is 61.5 Å². The molecule has 1 saturated heterocycles. The van der Waals surface area contributed by atoms with Gasteiger partial charge < -0.3 is 16.0 Å². The van der Waals surface area contributed by atoms with Crippen LogP contribution in [0.3, 0.4) is 0 Å². The highest BCUT2D eigenvalue weighted by atomic mass is 16.2. The fraction of sp³-hybridized carbons (Fsp3) is 0.179. The van der Waals surface area contributed by atoms with Crippen LogP contribution in [-0.4, -0.2) is 55.6 Å². The molecule has 1 fully saturated rings. The first-order valence-electron chi connectivity index (χ1n) is 12.0. The van der Waals surface area contributed by atoms with Crippen molar-refractivity contribution in [3.8, 4) is 11.1 Å². The van der Waals surface area contributed by atoms with Crippen molar-refractivity contribution in [3.05, 3.63) is 95.7 Å². The number of rotatable bonds is 6. The summed E-state index contributed by atoms with van der Waals surface area (Å²) in [6, 6.07) is 14.8. The smallest absolute Gasteiger partial charge is 0.255 e. The number of nitrogens with two attached hydrogens (primary N) is 1. The Kier molecular flexibility index (Phi) is 6.76. The number of amides is 2. The number of hydrogen-bond acceptors (Lipinski definition) is 6. The summed E-state index contributed by atoms with van der Waals surface area (Å²) in [7, 11) is 1.82. The SMILES string of the molecule is Cn1cc(-c2cnc(N)c(C(=O)N[C@@H]3CCN(C(=O)c4ccc(/C=C/c5ccccn5)cc4)C3)c2)cn1. The number of nitrogens with one attached hydrogen (secondary N) is 1. The van der Waals surface area contributed by atoms with Crippen LogP contribution in [0.25, 0.3) is 23.3 Å². The number of benzene rings is 1. The number of aryl methyl sites for hydroxylation is 1. The van der Waals surface area contributed by atoms with Gasteiger partial charge in [0.25, 0.3) is 11.8 Å². The number of hydrogen-bond donors (Lipinski definition) is 2. The number of pyridine rings is 2. The van der Waals surface area contributed by atoms with E-state index >= 15 is 0 Å². The molecule has 5 rings (SSSR count). The second-order valence-corrected chi connectivity index (χ2v) is 8.98. The van der Waals surface area contributed by atoms with E-state index in [0.29, 0.717) is 30.6 Å². The maximum Gasteiger partial charge on any atom is 0.255 e. The van der Waals surface area contributed by atoms with E-state index in [0.717, 1.165) is 22.4 Å². The molecular weight excluding hydrogens is 466 g/mol. The van der Waals surface area contributed by atoms with Crippen LogP contribution in [0.15, 0.2) is 73.3 Å². The lowest BCUT2D eigenvalue weighted by Gasteiger charge is -2.18. The van der Waals surface area contributed by atoms with Crippen molar-refractivity contribution in [1.82, 2.24) is 30.0 Å². The van der Waals surface area contributed by atoms with Gasteiger partial charge in [-0.2, -0.15) is 5.10 Å². The highest BCUT2D eigenvalue weighted by molar-refractivity contribution is 6.00. The molecule has 1 aliphatic rings. The van der Waals surface area contributed by atoms with Crippen molar-refractivity contribution in [2.45, 2.75) is 12.5 Å². The zero-order valence-electron chi connectivity index (χ0n) is 20.4. The first kappa shape index (κ1) is 23.9. The molecule has 0 spiro atoms. The maximum absolute atomic E-state index is 13.0. The third-order valence-electron chi connectivity index (χ3n) is 6.30. The zero-order chi connectivity index (χ0) is 25.8. The first-order valence-corrected chi connectivity index (χ1v) is 12.0. The molecule has 186 valence electrons. The van der Waals surface area contributed by atoms with Crippen LogP contribution in [0.5, 0.6) is 0 Å². The van der Waals surface area contributed by atoms with Crippen LogP contribution in [0.2, 0.25) is 0 Å². The summed E-state index contributed by atoms with van der Waals surface area (Å²) in [4.78, 5) is 36.3. The minimum absolute atomic E-state index is 0.0586. The summed E-state index contributed by atoms with van der Waals surface area (Å²) in [5, 5.41) is 7.17. The molecule has 0 unspecified atom stereocenters. The maximum atomic E-state index is 13.0. The van der Waals surface area contributed by atoms with Gasteiger partial charge in [0.05, 0.1) is 17.5 Å². The Bertz CT molecular complexity index is 1450. The van der Waals surface area contributed by atoms with Crippen LogP contribution < -0.4 is 11.1 Å². The fourth-order valence-electron chi connectivity index (χ4n) is 4.29. The summed E-state index contributed by atoms with van der Waals surface area (Å²) in [6.07, 6.45) is 11.5. The number of likely N-dealkylation sites (tertiary alicyclic amines) is 1. The monoisotopic (exact) mass is 493 g/mol. The molecule has 3 aromatic heterocycles. The second-order valence-electron chi connectivity index (χ2n) is 8.98. The highest BCUT2D eigenvalue weighted by Crippen LogP contribution is 2.22. The number of carbonyl (C=O) groups excluding carboxylic acids is 2. The molecule has 9 nitrogen and oxygen atoms in total. The van der Waals surface area contributed by atoms with Gasteiger partial charge in [-0.25, -0.2) is 4.98 Å². The van der Waals surface area contributed by atoms with Gasteiger partial charge in [-0.1, -0.05) is 24.3 Å². The third-order valence-corrected chi connectivity index (χ3v) is 6.30. The predicted molar refractivity (Wildman–Crippen MR) is 142 cm³/mol. The molecule has 37 heavy (non-hydrogen) atoms. The molecule has 0 bridgehead atoms. The Morgan fingerprint density at radius 1 is 1.05 bits per heavy atom. The number of nitrogens with zero attached hydrogens (tertiary/aromatic N) is 5.